The second-order valence-electron chi connectivity index (χ2n) is 4.44. The van der Waals surface area contributed by atoms with Gasteiger partial charge in [-0.25, -0.2) is 0 Å². The van der Waals surface area contributed by atoms with Crippen LogP contribution in [-0.2, 0) is 6.42 Å². The van der Waals surface area contributed by atoms with E-state index in [1.165, 1.54) is 0 Å². The van der Waals surface area contributed by atoms with Crippen LogP contribution in [0.5, 0.6) is 5.75 Å². The van der Waals surface area contributed by atoms with E-state index in [9.17, 15) is 5.11 Å². The van der Waals surface area contributed by atoms with Gasteiger partial charge in [-0.15, -0.1) is 0 Å². The molecule has 16 heavy (non-hydrogen) atoms. The van der Waals surface area contributed by atoms with Crippen LogP contribution in [0, 0.1) is 12.8 Å². The Bertz CT molecular complexity index is 531. The van der Waals surface area contributed by atoms with Crippen molar-refractivity contribution in [2.75, 3.05) is 0 Å². The number of phenolic OH excluding ortho intramolecular Hbond substituents is 1. The Labute approximate surface area is 99.0 Å². The quantitative estimate of drug-likeness (QED) is 0.869. The Kier molecular flexibility index (Phi) is 2.80. The van der Waals surface area contributed by atoms with Crippen LogP contribution in [0.3, 0.4) is 0 Å². The third-order valence-corrected chi connectivity index (χ3v) is 3.06. The number of aromatic hydroxyl groups is 1. The van der Waals surface area contributed by atoms with Gasteiger partial charge in [-0.1, -0.05) is 30.6 Å². The summed E-state index contributed by atoms with van der Waals surface area (Å²) < 4.78 is 5.17. The summed E-state index contributed by atoms with van der Waals surface area (Å²) in [5.41, 5.74) is 2.07. The van der Waals surface area contributed by atoms with Gasteiger partial charge in [-0.2, -0.15) is 0 Å². The fraction of sp³-hybridized carbons (Fsp3) is 0.417. The van der Waals surface area contributed by atoms with Gasteiger partial charge in [0.25, 0.3) is 0 Å². The molecule has 0 aliphatic heterocycles. The van der Waals surface area contributed by atoms with E-state index in [-0.39, 0.29) is 5.75 Å². The monoisotopic (exact) mass is 239 g/mol. The van der Waals surface area contributed by atoms with Crippen molar-refractivity contribution in [1.82, 2.24) is 5.16 Å². The zero-order valence-electron chi connectivity index (χ0n) is 9.54. The van der Waals surface area contributed by atoms with Crippen LogP contribution in [0.1, 0.15) is 25.1 Å². The van der Waals surface area contributed by atoms with E-state index in [1.54, 1.807) is 13.0 Å². The molecule has 2 rings (SSSR count). The molecule has 1 aromatic carbocycles. The molecule has 0 saturated heterocycles. The minimum Gasteiger partial charge on any atom is -0.507 e. The lowest BCUT2D eigenvalue weighted by atomic mass is 10.0. The normalized spacial score (nSPS) is 11.6. The topological polar surface area (TPSA) is 46.3 Å². The first-order chi connectivity index (χ1) is 7.50. The molecule has 2 aromatic rings. The molecule has 0 spiro atoms. The highest BCUT2D eigenvalue weighted by molar-refractivity contribution is 6.36. The molecule has 86 valence electrons. The van der Waals surface area contributed by atoms with Crippen LogP contribution < -0.4 is 0 Å². The molecule has 1 heterocycles. The molecule has 0 unspecified atom stereocenters. The number of aromatic nitrogens is 1. The largest absolute Gasteiger partial charge is 0.507 e. The molecule has 0 amide bonds. The van der Waals surface area contributed by atoms with Crippen molar-refractivity contribution in [3.8, 4) is 5.75 Å². The average molecular weight is 240 g/mol. The molecule has 0 bridgehead atoms. The molecule has 1 N–H and O–H groups in total. The predicted octanol–water partition coefficient (Wildman–Crippen LogP) is 3.69. The highest BCUT2D eigenvalue weighted by Gasteiger charge is 2.17. The van der Waals surface area contributed by atoms with Gasteiger partial charge in [-0.3, -0.25) is 0 Å². The van der Waals surface area contributed by atoms with E-state index in [0.717, 1.165) is 17.5 Å². The number of hydrogen-bond acceptors (Lipinski definition) is 3. The fourth-order valence-electron chi connectivity index (χ4n) is 1.73. The summed E-state index contributed by atoms with van der Waals surface area (Å²) >= 11 is 6.20. The van der Waals surface area contributed by atoms with Gasteiger partial charge in [0, 0.05) is 11.6 Å². The van der Waals surface area contributed by atoms with E-state index < -0.39 is 0 Å². The molecule has 0 saturated carbocycles. The predicted molar refractivity (Wildman–Crippen MR) is 64.0 cm³/mol. The van der Waals surface area contributed by atoms with Crippen molar-refractivity contribution in [2.45, 2.75) is 27.2 Å². The van der Waals surface area contributed by atoms with Crippen LogP contribution in [0.4, 0.5) is 0 Å². The van der Waals surface area contributed by atoms with Crippen LogP contribution in [0.2, 0.25) is 5.02 Å². The van der Waals surface area contributed by atoms with Gasteiger partial charge in [0.2, 0.25) is 0 Å². The van der Waals surface area contributed by atoms with Crippen LogP contribution in [0.15, 0.2) is 10.6 Å². The maximum Gasteiger partial charge on any atom is 0.172 e. The van der Waals surface area contributed by atoms with Gasteiger partial charge in [0.05, 0.1) is 16.1 Å². The molecule has 0 aliphatic carbocycles. The number of halogens is 1. The van der Waals surface area contributed by atoms with Crippen LogP contribution in [0.25, 0.3) is 11.0 Å². The summed E-state index contributed by atoms with van der Waals surface area (Å²) in [4.78, 5) is 0. The smallest absolute Gasteiger partial charge is 0.172 e. The molecular formula is C12H14ClNO2. The lowest BCUT2D eigenvalue weighted by Gasteiger charge is -2.04. The van der Waals surface area contributed by atoms with Gasteiger partial charge in [0.1, 0.15) is 5.75 Å². The summed E-state index contributed by atoms with van der Waals surface area (Å²) in [5, 5.41) is 15.0. The summed E-state index contributed by atoms with van der Waals surface area (Å²) in [6.45, 7) is 6.01. The maximum atomic E-state index is 9.62. The fourth-order valence-corrected chi connectivity index (χ4v) is 2.03. The SMILES string of the molecule is Cc1c(O)cc2onc(CC(C)C)c2c1Cl. The third-order valence-electron chi connectivity index (χ3n) is 2.59. The Morgan fingerprint density at radius 1 is 1.50 bits per heavy atom. The second kappa shape index (κ2) is 3.98. The number of rotatable bonds is 2. The molecule has 1 aromatic heterocycles. The first kappa shape index (κ1) is 11.3. The van der Waals surface area contributed by atoms with Gasteiger partial charge in [0.15, 0.2) is 5.58 Å². The van der Waals surface area contributed by atoms with Gasteiger partial charge in [-0.05, 0) is 19.3 Å². The minimum atomic E-state index is 0.143. The number of phenols is 1. The van der Waals surface area contributed by atoms with E-state index >= 15 is 0 Å². The molecule has 3 nitrogen and oxygen atoms in total. The van der Waals surface area contributed by atoms with Crippen molar-refractivity contribution in [3.63, 3.8) is 0 Å². The van der Waals surface area contributed by atoms with Crippen LogP contribution >= 0.6 is 11.6 Å². The molecule has 0 atom stereocenters. The van der Waals surface area contributed by atoms with Crippen molar-refractivity contribution in [2.24, 2.45) is 5.92 Å². The molecule has 0 radical (unpaired) electrons. The first-order valence-corrected chi connectivity index (χ1v) is 5.64. The first-order valence-electron chi connectivity index (χ1n) is 5.27. The molecule has 4 heteroatoms. The summed E-state index contributed by atoms with van der Waals surface area (Å²) in [6.07, 6.45) is 0.816. The van der Waals surface area contributed by atoms with Gasteiger partial charge >= 0.3 is 0 Å². The molecule has 0 aliphatic rings. The lowest BCUT2D eigenvalue weighted by Crippen LogP contribution is -1.95. The summed E-state index contributed by atoms with van der Waals surface area (Å²) in [7, 11) is 0. The Morgan fingerprint density at radius 3 is 2.81 bits per heavy atom. The van der Waals surface area contributed by atoms with E-state index in [4.69, 9.17) is 16.1 Å². The highest BCUT2D eigenvalue weighted by Crippen LogP contribution is 2.35. The maximum absolute atomic E-state index is 9.62. The number of fused-ring (bicyclic) bond motifs is 1. The van der Waals surface area contributed by atoms with Crippen molar-refractivity contribution >= 4 is 22.6 Å². The number of hydrogen-bond donors (Lipinski definition) is 1. The Hall–Kier alpha value is -1.22. The standard InChI is InChI=1S/C12H14ClNO2/c1-6(2)4-8-11-10(16-14-8)5-9(15)7(3)12(11)13/h5-6,15H,4H2,1-3H3. The summed E-state index contributed by atoms with van der Waals surface area (Å²) in [6, 6.07) is 1.56. The Morgan fingerprint density at radius 2 is 2.19 bits per heavy atom. The van der Waals surface area contributed by atoms with Crippen molar-refractivity contribution < 1.29 is 9.63 Å². The highest BCUT2D eigenvalue weighted by atomic mass is 35.5. The zero-order chi connectivity index (χ0) is 11.9. The van der Waals surface area contributed by atoms with E-state index in [0.29, 0.717) is 22.1 Å². The van der Waals surface area contributed by atoms with Crippen molar-refractivity contribution in [1.29, 1.82) is 0 Å². The number of benzene rings is 1. The average Bonchev–Trinajstić information content (AvgIpc) is 2.57. The van der Waals surface area contributed by atoms with E-state index in [2.05, 4.69) is 19.0 Å². The third kappa shape index (κ3) is 1.76. The summed E-state index contributed by atoms with van der Waals surface area (Å²) in [5.74, 6) is 0.628. The number of nitrogens with zero attached hydrogens (tertiary/aromatic N) is 1. The molecular weight excluding hydrogens is 226 g/mol. The second-order valence-corrected chi connectivity index (χ2v) is 4.81. The van der Waals surface area contributed by atoms with Crippen molar-refractivity contribution in [3.05, 3.63) is 22.3 Å². The lowest BCUT2D eigenvalue weighted by molar-refractivity contribution is 0.434. The zero-order valence-corrected chi connectivity index (χ0v) is 10.3. The minimum absolute atomic E-state index is 0.143. The van der Waals surface area contributed by atoms with Crippen LogP contribution in [-0.4, -0.2) is 10.3 Å². The van der Waals surface area contributed by atoms with E-state index in [1.807, 2.05) is 0 Å². The molecule has 0 fully saturated rings. The van der Waals surface area contributed by atoms with Gasteiger partial charge < -0.3 is 9.63 Å². The Balaban J connectivity index is 2.66.